The molecule has 0 saturated carbocycles. The summed E-state index contributed by atoms with van der Waals surface area (Å²) in [4.78, 5) is 10.8. The van der Waals surface area contributed by atoms with Gasteiger partial charge in [0.05, 0.1) is 18.1 Å². The minimum Gasteiger partial charge on any atom is -0.278 e. The molecule has 0 N–H and O–H groups in total. The summed E-state index contributed by atoms with van der Waals surface area (Å²) < 4.78 is 0. The number of fused-ring (bicyclic) bond motifs is 1. The molecule has 1 aromatic heterocycles. The first-order chi connectivity index (χ1) is 9.74. The quantitative estimate of drug-likeness (QED) is 0.778. The molecule has 0 saturated heterocycles. The fraction of sp³-hybridized carbons (Fsp3) is 0.118. The first-order valence-corrected chi connectivity index (χ1v) is 7.11. The Morgan fingerprint density at radius 1 is 1.45 bits per heavy atom. The van der Waals surface area contributed by atoms with Gasteiger partial charge < -0.3 is 0 Å². The summed E-state index contributed by atoms with van der Waals surface area (Å²) >= 11 is 1.61. The second-order valence-corrected chi connectivity index (χ2v) is 5.37. The van der Waals surface area contributed by atoms with Crippen LogP contribution in [-0.2, 0) is 0 Å². The van der Waals surface area contributed by atoms with Crippen molar-refractivity contribution in [3.63, 3.8) is 0 Å². The van der Waals surface area contributed by atoms with Gasteiger partial charge in [-0.2, -0.15) is 0 Å². The number of hydrogen-bond donors (Lipinski definition) is 0. The number of pyridine rings is 1. The minimum atomic E-state index is 0.602. The molecule has 0 fully saturated rings. The maximum Gasteiger partial charge on any atom is 0.0834 e. The molecule has 0 spiro atoms. The van der Waals surface area contributed by atoms with E-state index in [1.54, 1.807) is 24.2 Å². The smallest absolute Gasteiger partial charge is 0.0834 e. The van der Waals surface area contributed by atoms with Crippen molar-refractivity contribution in [2.45, 2.75) is 6.92 Å². The molecule has 3 heteroatoms. The number of thioether (sulfide) groups is 1. The fourth-order valence-corrected chi connectivity index (χ4v) is 2.73. The summed E-state index contributed by atoms with van der Waals surface area (Å²) in [5.41, 5.74) is 3.96. The van der Waals surface area contributed by atoms with Crippen LogP contribution < -0.4 is 10.6 Å². The number of hydrogen-bond acceptors (Lipinski definition) is 3. The van der Waals surface area contributed by atoms with Gasteiger partial charge in [-0.1, -0.05) is 37.1 Å². The number of allylic oxidation sites excluding steroid dienone is 3. The summed E-state index contributed by atoms with van der Waals surface area (Å²) in [6.45, 7) is 10.4. The molecule has 20 heavy (non-hydrogen) atoms. The first-order valence-electron chi connectivity index (χ1n) is 6.29. The average molecular weight is 280 g/mol. The Hall–Kier alpha value is -2.09. The van der Waals surface area contributed by atoms with E-state index in [4.69, 9.17) is 0 Å². The Balaban J connectivity index is 2.64. The summed E-state index contributed by atoms with van der Waals surface area (Å²) in [6.07, 6.45) is 11.5. The van der Waals surface area contributed by atoms with Crippen molar-refractivity contribution < 1.29 is 0 Å². The summed E-state index contributed by atoms with van der Waals surface area (Å²) in [7, 11) is 0. The van der Waals surface area contributed by atoms with E-state index in [1.165, 1.54) is 0 Å². The Morgan fingerprint density at radius 3 is 3.05 bits per heavy atom. The summed E-state index contributed by atoms with van der Waals surface area (Å²) in [5.74, 6) is 0. The SMILES string of the molecule is C=C=C/C1=C(\C=C/C)C/N=c2/cncc/c2=C/C(=C)S1. The number of rotatable bonds is 2. The third-order valence-corrected chi connectivity index (χ3v) is 3.71. The Morgan fingerprint density at radius 2 is 2.30 bits per heavy atom. The van der Waals surface area contributed by atoms with E-state index in [-0.39, 0.29) is 0 Å². The van der Waals surface area contributed by atoms with Gasteiger partial charge in [0.1, 0.15) is 0 Å². The topological polar surface area (TPSA) is 25.2 Å². The van der Waals surface area contributed by atoms with Crippen LogP contribution in [0.5, 0.6) is 0 Å². The zero-order valence-corrected chi connectivity index (χ0v) is 12.3. The maximum absolute atomic E-state index is 4.65. The standard InChI is InChI=1S/C17H16N2S/c1-4-6-15-11-19-16-12-18-9-8-14(16)10-13(3)20-17(15)7-5-2/h4,6-10,12H,2-3,11H2,1H3/b6-4-,14-10-,17-15-,19-16-. The highest BCUT2D eigenvalue weighted by molar-refractivity contribution is 8.07. The molecule has 0 bridgehead atoms. The van der Waals surface area contributed by atoms with Gasteiger partial charge in [0.2, 0.25) is 0 Å². The van der Waals surface area contributed by atoms with Crippen LogP contribution in [0.3, 0.4) is 0 Å². The Labute approximate surface area is 123 Å². The highest BCUT2D eigenvalue weighted by atomic mass is 32.2. The van der Waals surface area contributed by atoms with Crippen molar-refractivity contribution >= 4 is 17.8 Å². The van der Waals surface area contributed by atoms with Crippen molar-refractivity contribution in [1.29, 1.82) is 0 Å². The predicted molar refractivity (Wildman–Crippen MR) is 86.6 cm³/mol. The van der Waals surface area contributed by atoms with Gasteiger partial charge >= 0.3 is 0 Å². The van der Waals surface area contributed by atoms with E-state index >= 15 is 0 Å². The lowest BCUT2D eigenvalue weighted by Gasteiger charge is -2.05. The molecule has 1 aliphatic heterocycles. The highest BCUT2D eigenvalue weighted by Crippen LogP contribution is 2.29. The van der Waals surface area contributed by atoms with Gasteiger partial charge in [0.15, 0.2) is 0 Å². The second kappa shape index (κ2) is 6.90. The molecule has 1 aliphatic rings. The van der Waals surface area contributed by atoms with Crippen LogP contribution in [0.4, 0.5) is 0 Å². The molecule has 0 aliphatic carbocycles. The fourth-order valence-electron chi connectivity index (χ4n) is 1.86. The molecule has 100 valence electrons. The van der Waals surface area contributed by atoms with Crippen molar-refractivity contribution in [2.75, 3.05) is 6.54 Å². The molecule has 0 aromatic carbocycles. The van der Waals surface area contributed by atoms with Gasteiger partial charge in [-0.05, 0) is 30.7 Å². The van der Waals surface area contributed by atoms with Crippen LogP contribution in [0.1, 0.15) is 6.92 Å². The lowest BCUT2D eigenvalue weighted by Crippen LogP contribution is -2.25. The summed E-state index contributed by atoms with van der Waals surface area (Å²) in [5, 5.41) is 1.93. The van der Waals surface area contributed by atoms with Gasteiger partial charge in [-0.3, -0.25) is 9.98 Å². The van der Waals surface area contributed by atoms with Crippen molar-refractivity contribution in [1.82, 2.24) is 4.98 Å². The van der Waals surface area contributed by atoms with E-state index < -0.39 is 0 Å². The van der Waals surface area contributed by atoms with Crippen LogP contribution >= 0.6 is 11.8 Å². The van der Waals surface area contributed by atoms with Gasteiger partial charge in [-0.25, -0.2) is 0 Å². The molecule has 2 nitrogen and oxygen atoms in total. The zero-order valence-electron chi connectivity index (χ0n) is 11.5. The van der Waals surface area contributed by atoms with Crippen molar-refractivity contribution in [3.05, 3.63) is 81.5 Å². The second-order valence-electron chi connectivity index (χ2n) is 4.20. The molecular formula is C17H16N2S. The lowest BCUT2D eigenvalue weighted by molar-refractivity contribution is 1.07. The largest absolute Gasteiger partial charge is 0.278 e. The zero-order chi connectivity index (χ0) is 14.4. The van der Waals surface area contributed by atoms with E-state index in [2.05, 4.69) is 34.9 Å². The maximum atomic E-state index is 4.65. The van der Waals surface area contributed by atoms with Crippen LogP contribution in [0.2, 0.25) is 0 Å². The molecule has 1 aromatic rings. The van der Waals surface area contributed by atoms with Gasteiger partial charge in [0.25, 0.3) is 0 Å². The van der Waals surface area contributed by atoms with Crippen LogP contribution in [0.15, 0.2) is 76.0 Å². The monoisotopic (exact) mass is 280 g/mol. The van der Waals surface area contributed by atoms with E-state index in [1.807, 2.05) is 31.2 Å². The predicted octanol–water partition coefficient (Wildman–Crippen LogP) is 2.91. The molecule has 2 rings (SSSR count). The number of nitrogens with zero attached hydrogens (tertiary/aromatic N) is 2. The summed E-state index contributed by atoms with van der Waals surface area (Å²) in [6, 6.07) is 1.95. The van der Waals surface area contributed by atoms with Crippen LogP contribution in [0.25, 0.3) is 6.08 Å². The van der Waals surface area contributed by atoms with Crippen LogP contribution in [-0.4, -0.2) is 11.5 Å². The van der Waals surface area contributed by atoms with Crippen molar-refractivity contribution in [2.24, 2.45) is 4.99 Å². The van der Waals surface area contributed by atoms with E-state index in [0.29, 0.717) is 6.54 Å². The van der Waals surface area contributed by atoms with Gasteiger partial charge in [-0.15, -0.1) is 5.73 Å². The molecule has 0 amide bonds. The van der Waals surface area contributed by atoms with E-state index in [9.17, 15) is 0 Å². The molecular weight excluding hydrogens is 264 g/mol. The Bertz CT molecular complexity index is 747. The Kier molecular flexibility index (Phi) is 4.94. The molecule has 0 atom stereocenters. The van der Waals surface area contributed by atoms with Crippen LogP contribution in [0, 0.1) is 0 Å². The lowest BCUT2D eigenvalue weighted by atomic mass is 10.2. The average Bonchev–Trinajstić information content (AvgIpc) is 2.49. The van der Waals surface area contributed by atoms with Crippen molar-refractivity contribution in [3.8, 4) is 0 Å². The number of aromatic nitrogens is 1. The third kappa shape index (κ3) is 3.47. The third-order valence-electron chi connectivity index (χ3n) is 2.73. The van der Waals surface area contributed by atoms with Gasteiger partial charge in [0, 0.05) is 21.2 Å². The van der Waals surface area contributed by atoms with E-state index in [0.717, 1.165) is 26.0 Å². The first kappa shape index (κ1) is 14.3. The molecule has 2 heterocycles. The minimum absolute atomic E-state index is 0.602. The molecule has 0 radical (unpaired) electrons. The highest BCUT2D eigenvalue weighted by Gasteiger charge is 2.06. The normalized spacial score (nSPS) is 22.4. The molecule has 0 unspecified atom stereocenters.